The highest BCUT2D eigenvalue weighted by Crippen LogP contribution is 2.53. The summed E-state index contributed by atoms with van der Waals surface area (Å²) >= 11 is 8.36. The van der Waals surface area contributed by atoms with Crippen LogP contribution in [0.1, 0.15) is 21.9 Å². The number of nitrogens with one attached hydrogen (secondary N) is 1. The summed E-state index contributed by atoms with van der Waals surface area (Å²) in [5, 5.41) is 3.19. The number of imide groups is 1. The van der Waals surface area contributed by atoms with Gasteiger partial charge in [0, 0.05) is 21.5 Å². The first-order valence-corrected chi connectivity index (χ1v) is 14.3. The van der Waals surface area contributed by atoms with Crippen molar-refractivity contribution in [1.82, 2.24) is 4.57 Å². The van der Waals surface area contributed by atoms with Crippen molar-refractivity contribution in [2.24, 2.45) is 5.92 Å². The molecule has 0 saturated carbocycles. The number of rotatable bonds is 5. The van der Waals surface area contributed by atoms with E-state index in [-0.39, 0.29) is 29.1 Å². The number of aromatic nitrogens is 1. The maximum absolute atomic E-state index is 13.8. The van der Waals surface area contributed by atoms with Crippen LogP contribution < -0.4 is 15.1 Å². The molecule has 0 radical (unpaired) electrons. The molecule has 7 nitrogen and oxygen atoms in total. The second-order valence-electron chi connectivity index (χ2n) is 9.48. The number of benzene rings is 3. The van der Waals surface area contributed by atoms with Crippen LogP contribution in [-0.4, -0.2) is 27.5 Å². The van der Waals surface area contributed by atoms with Gasteiger partial charge in [-0.05, 0) is 54.4 Å². The number of hydrogen-bond donors (Lipinski definition) is 1. The van der Waals surface area contributed by atoms with Crippen LogP contribution in [0.3, 0.4) is 0 Å². The van der Waals surface area contributed by atoms with Gasteiger partial charge in [0.2, 0.25) is 17.7 Å². The van der Waals surface area contributed by atoms with Crippen LogP contribution in [0, 0.1) is 12.8 Å². The third kappa shape index (κ3) is 4.60. The van der Waals surface area contributed by atoms with Crippen LogP contribution >= 0.6 is 34.7 Å². The molecule has 6 rings (SSSR count). The molecule has 2 aliphatic rings. The topological polar surface area (TPSA) is 88.5 Å². The second kappa shape index (κ2) is 10.1. The molecule has 3 aromatic carbocycles. The van der Waals surface area contributed by atoms with Crippen molar-refractivity contribution in [3.05, 3.63) is 110 Å². The van der Waals surface area contributed by atoms with Gasteiger partial charge < -0.3 is 5.32 Å². The van der Waals surface area contributed by atoms with Gasteiger partial charge in [0.15, 0.2) is 0 Å². The monoisotopic (exact) mass is 575 g/mol. The second-order valence-corrected chi connectivity index (χ2v) is 12.0. The minimum atomic E-state index is -0.744. The number of anilines is 2. The van der Waals surface area contributed by atoms with Gasteiger partial charge in [-0.15, -0.1) is 0 Å². The predicted octanol–water partition coefficient (Wildman–Crippen LogP) is 5.31. The van der Waals surface area contributed by atoms with Crippen LogP contribution in [0.2, 0.25) is 5.02 Å². The molecule has 1 saturated heterocycles. The Morgan fingerprint density at radius 1 is 0.949 bits per heavy atom. The lowest BCUT2D eigenvalue weighted by molar-refractivity contribution is -0.122. The normalized spacial score (nSPS) is 20.1. The standard InChI is InChI=1S/C29H22ClN3O4S2/c1-16-6-5-7-19(14-16)31-21(34)15-32-28-25(39-29(32)37)22(17-10-12-18(30)13-11-17)23-24(38-28)27(36)33(26(23)35)20-8-3-2-4-9-20/h2-14,22-24H,15H2,1H3,(H,31,34)/t22-,23?,24?/m1/s1. The zero-order valence-corrected chi connectivity index (χ0v) is 23.1. The van der Waals surface area contributed by atoms with Gasteiger partial charge in [-0.2, -0.15) is 0 Å². The molecule has 2 aliphatic heterocycles. The molecule has 3 atom stereocenters. The highest BCUT2D eigenvalue weighted by molar-refractivity contribution is 8.00. The molecule has 196 valence electrons. The Morgan fingerprint density at radius 3 is 2.41 bits per heavy atom. The first-order valence-electron chi connectivity index (χ1n) is 12.3. The number of thioether (sulfide) groups is 1. The Kier molecular flexibility index (Phi) is 6.66. The lowest BCUT2D eigenvalue weighted by atomic mass is 9.83. The molecule has 39 heavy (non-hydrogen) atoms. The Bertz CT molecular complexity index is 1670. The molecule has 2 unspecified atom stereocenters. The van der Waals surface area contributed by atoms with E-state index >= 15 is 0 Å². The third-order valence-corrected chi connectivity index (χ3v) is 9.75. The molecule has 3 amide bonds. The maximum Gasteiger partial charge on any atom is 0.308 e. The number of halogens is 1. The van der Waals surface area contributed by atoms with Crippen molar-refractivity contribution in [3.63, 3.8) is 0 Å². The Morgan fingerprint density at radius 2 is 1.69 bits per heavy atom. The van der Waals surface area contributed by atoms with Crippen molar-refractivity contribution in [3.8, 4) is 0 Å². The lowest BCUT2D eigenvalue weighted by Crippen LogP contribution is -2.33. The summed E-state index contributed by atoms with van der Waals surface area (Å²) < 4.78 is 1.41. The number of carbonyl (C=O) groups excluding carboxylic acids is 3. The number of thiazole rings is 1. The Balaban J connectivity index is 1.41. The largest absolute Gasteiger partial charge is 0.325 e. The summed E-state index contributed by atoms with van der Waals surface area (Å²) in [5.41, 5.74) is 2.93. The van der Waals surface area contributed by atoms with Crippen molar-refractivity contribution >= 4 is 63.8 Å². The van der Waals surface area contributed by atoms with Crippen LogP contribution in [-0.2, 0) is 20.9 Å². The van der Waals surface area contributed by atoms with Gasteiger partial charge in [0.05, 0.1) is 16.6 Å². The molecule has 1 N–H and O–H groups in total. The molecular formula is C29H22ClN3O4S2. The molecule has 3 heterocycles. The van der Waals surface area contributed by atoms with Gasteiger partial charge >= 0.3 is 4.87 Å². The van der Waals surface area contributed by atoms with E-state index in [1.54, 1.807) is 42.5 Å². The number of fused-ring (bicyclic) bond motifs is 2. The first-order chi connectivity index (χ1) is 18.8. The average Bonchev–Trinajstić information content (AvgIpc) is 3.36. The SMILES string of the molecule is Cc1cccc(NC(=O)Cn2c3c(sc2=O)[C@H](c2ccc(Cl)cc2)C2C(=O)N(c4ccccc4)C(=O)C2S3)c1. The summed E-state index contributed by atoms with van der Waals surface area (Å²) in [6.07, 6.45) is 0. The minimum Gasteiger partial charge on any atom is -0.325 e. The minimum absolute atomic E-state index is 0.207. The molecule has 0 spiro atoms. The van der Waals surface area contributed by atoms with Gasteiger partial charge in [-0.1, -0.05) is 77.2 Å². The molecule has 4 aromatic rings. The summed E-state index contributed by atoms with van der Waals surface area (Å²) in [4.78, 5) is 55.4. The molecule has 1 fully saturated rings. The van der Waals surface area contributed by atoms with Crippen LogP contribution in [0.25, 0.3) is 0 Å². The average molecular weight is 576 g/mol. The van der Waals surface area contributed by atoms with Crippen molar-refractivity contribution < 1.29 is 14.4 Å². The van der Waals surface area contributed by atoms with E-state index < -0.39 is 17.1 Å². The Hall–Kier alpha value is -3.66. The Labute approximate surface area is 237 Å². The van der Waals surface area contributed by atoms with Gasteiger partial charge in [-0.3, -0.25) is 23.7 Å². The van der Waals surface area contributed by atoms with Crippen LogP contribution in [0.15, 0.2) is 88.7 Å². The fourth-order valence-electron chi connectivity index (χ4n) is 5.18. The van der Waals surface area contributed by atoms with Gasteiger partial charge in [-0.25, -0.2) is 4.90 Å². The summed E-state index contributed by atoms with van der Waals surface area (Å²) in [7, 11) is 0. The van der Waals surface area contributed by atoms with E-state index in [1.807, 2.05) is 43.3 Å². The molecule has 10 heteroatoms. The van der Waals surface area contributed by atoms with E-state index in [2.05, 4.69) is 5.32 Å². The highest BCUT2D eigenvalue weighted by Gasteiger charge is 2.56. The quantitative estimate of drug-likeness (QED) is 0.326. The molecule has 0 bridgehead atoms. The van der Waals surface area contributed by atoms with Crippen LogP contribution in [0.5, 0.6) is 0 Å². The smallest absolute Gasteiger partial charge is 0.308 e. The third-order valence-electron chi connectivity index (χ3n) is 6.90. The number of hydrogen-bond acceptors (Lipinski definition) is 6. The van der Waals surface area contributed by atoms with Crippen LogP contribution in [0.4, 0.5) is 11.4 Å². The van der Waals surface area contributed by atoms with E-state index in [0.717, 1.165) is 22.5 Å². The maximum atomic E-state index is 13.8. The fraction of sp³-hybridized carbons (Fsp3) is 0.172. The van der Waals surface area contributed by atoms with E-state index in [1.165, 1.54) is 21.2 Å². The van der Waals surface area contributed by atoms with E-state index in [0.29, 0.717) is 26.3 Å². The number of amides is 3. The zero-order valence-electron chi connectivity index (χ0n) is 20.7. The summed E-state index contributed by atoms with van der Waals surface area (Å²) in [5.74, 6) is -2.23. The van der Waals surface area contributed by atoms with Gasteiger partial charge in [0.25, 0.3) is 0 Å². The summed E-state index contributed by atoms with van der Waals surface area (Å²) in [6, 6.07) is 23.4. The number of carbonyl (C=O) groups is 3. The summed E-state index contributed by atoms with van der Waals surface area (Å²) in [6.45, 7) is 1.72. The van der Waals surface area contributed by atoms with Crippen molar-refractivity contribution in [2.45, 2.75) is 29.7 Å². The van der Waals surface area contributed by atoms with E-state index in [4.69, 9.17) is 11.6 Å². The first kappa shape index (κ1) is 25.6. The molecule has 1 aromatic heterocycles. The number of nitrogens with zero attached hydrogens (tertiary/aromatic N) is 2. The van der Waals surface area contributed by atoms with Crippen molar-refractivity contribution in [2.75, 3.05) is 10.2 Å². The van der Waals surface area contributed by atoms with Crippen molar-refractivity contribution in [1.29, 1.82) is 0 Å². The fourth-order valence-corrected chi connectivity index (χ4v) is 8.08. The number of aryl methyl sites for hydroxylation is 1. The molecular weight excluding hydrogens is 554 g/mol. The zero-order chi connectivity index (χ0) is 27.3. The van der Waals surface area contributed by atoms with Gasteiger partial charge in [0.1, 0.15) is 11.8 Å². The lowest BCUT2D eigenvalue weighted by Gasteiger charge is -2.30. The highest BCUT2D eigenvalue weighted by atomic mass is 35.5. The predicted molar refractivity (Wildman–Crippen MR) is 154 cm³/mol. The van der Waals surface area contributed by atoms with E-state index in [9.17, 15) is 19.2 Å². The number of para-hydroxylation sites is 1. The molecule has 0 aliphatic carbocycles.